The largest absolute Gasteiger partial charge is 0.359 e. The van der Waals surface area contributed by atoms with Crippen LogP contribution in [0.4, 0.5) is 0 Å². The summed E-state index contributed by atoms with van der Waals surface area (Å²) in [6.07, 6.45) is 5.01. The van der Waals surface area contributed by atoms with Gasteiger partial charge in [0.2, 0.25) is 0 Å². The third kappa shape index (κ3) is 2.96. The van der Waals surface area contributed by atoms with Crippen LogP contribution in [0.5, 0.6) is 0 Å². The van der Waals surface area contributed by atoms with E-state index < -0.39 is 0 Å². The first-order valence-corrected chi connectivity index (χ1v) is 8.82. The fraction of sp³-hybridized carbons (Fsp3) is 0.190. The zero-order chi connectivity index (χ0) is 17.4. The van der Waals surface area contributed by atoms with Crippen molar-refractivity contribution in [1.82, 2.24) is 9.88 Å². The number of carbonyl (C=O) groups is 1. The summed E-state index contributed by atoms with van der Waals surface area (Å²) in [7, 11) is 0. The van der Waals surface area contributed by atoms with Gasteiger partial charge in [-0.15, -0.1) is 0 Å². The third-order valence-corrected chi connectivity index (χ3v) is 5.09. The Morgan fingerprint density at radius 2 is 2.04 bits per heavy atom. The molecular formula is C21H19ClN2O. The molecule has 0 saturated heterocycles. The van der Waals surface area contributed by atoms with Crippen molar-refractivity contribution in [3.63, 3.8) is 0 Å². The van der Waals surface area contributed by atoms with Crippen LogP contribution in [-0.2, 0) is 0 Å². The number of aryl methyl sites for hydroxylation is 1. The molecule has 3 aromatic rings. The quantitative estimate of drug-likeness (QED) is 0.689. The Bertz CT molecular complexity index is 986. The number of nitrogens with one attached hydrogen (secondary N) is 1. The van der Waals surface area contributed by atoms with Crippen molar-refractivity contribution in [2.45, 2.75) is 13.3 Å². The number of amides is 1. The summed E-state index contributed by atoms with van der Waals surface area (Å²) in [4.78, 5) is 17.8. The Morgan fingerprint density at radius 1 is 1.20 bits per heavy atom. The van der Waals surface area contributed by atoms with Crippen molar-refractivity contribution in [2.75, 3.05) is 13.1 Å². The Morgan fingerprint density at radius 3 is 2.80 bits per heavy atom. The smallest absolute Gasteiger partial charge is 0.254 e. The SMILES string of the molecule is Cc1cccc(C(=O)N2CC=C(c3c[nH]c4c(Cl)cccc34)CC2)c1. The van der Waals surface area contributed by atoms with E-state index in [4.69, 9.17) is 11.6 Å². The maximum Gasteiger partial charge on any atom is 0.254 e. The lowest BCUT2D eigenvalue weighted by Crippen LogP contribution is -2.34. The molecule has 0 spiro atoms. The summed E-state index contributed by atoms with van der Waals surface area (Å²) in [5.41, 5.74) is 5.28. The Hall–Kier alpha value is -2.52. The summed E-state index contributed by atoms with van der Waals surface area (Å²) in [5, 5.41) is 1.87. The van der Waals surface area contributed by atoms with Crippen LogP contribution in [0.1, 0.15) is 27.9 Å². The van der Waals surface area contributed by atoms with Crippen molar-refractivity contribution in [1.29, 1.82) is 0 Å². The molecule has 0 saturated carbocycles. The highest BCUT2D eigenvalue weighted by molar-refractivity contribution is 6.35. The minimum Gasteiger partial charge on any atom is -0.359 e. The highest BCUT2D eigenvalue weighted by Crippen LogP contribution is 2.32. The van der Waals surface area contributed by atoms with Gasteiger partial charge in [0.15, 0.2) is 0 Å². The molecule has 4 heteroatoms. The van der Waals surface area contributed by atoms with Gasteiger partial charge in [-0.1, -0.05) is 47.5 Å². The average molecular weight is 351 g/mol. The van der Waals surface area contributed by atoms with E-state index >= 15 is 0 Å². The van der Waals surface area contributed by atoms with Gasteiger partial charge in [0.1, 0.15) is 0 Å². The normalized spacial score (nSPS) is 14.6. The van der Waals surface area contributed by atoms with Gasteiger partial charge >= 0.3 is 0 Å². The van der Waals surface area contributed by atoms with E-state index in [1.54, 1.807) is 0 Å². The zero-order valence-corrected chi connectivity index (χ0v) is 14.8. The average Bonchev–Trinajstić information content (AvgIpc) is 3.07. The molecule has 1 N–H and O–H groups in total. The van der Waals surface area contributed by atoms with Crippen LogP contribution in [0.2, 0.25) is 5.02 Å². The number of benzene rings is 2. The number of carbonyl (C=O) groups excluding carboxylic acids is 1. The van der Waals surface area contributed by atoms with Crippen LogP contribution in [0, 0.1) is 6.92 Å². The van der Waals surface area contributed by atoms with Crippen LogP contribution in [0.3, 0.4) is 0 Å². The molecule has 1 aliphatic heterocycles. The molecular weight excluding hydrogens is 332 g/mol. The molecule has 2 aromatic carbocycles. The molecule has 0 radical (unpaired) electrons. The molecule has 0 aliphatic carbocycles. The zero-order valence-electron chi connectivity index (χ0n) is 14.1. The summed E-state index contributed by atoms with van der Waals surface area (Å²) in [5.74, 6) is 0.0981. The predicted octanol–water partition coefficient (Wildman–Crippen LogP) is 5.06. The number of fused-ring (bicyclic) bond motifs is 1. The van der Waals surface area contributed by atoms with Crippen molar-refractivity contribution in [3.8, 4) is 0 Å². The van der Waals surface area contributed by atoms with Gasteiger partial charge in [0.25, 0.3) is 5.91 Å². The number of aromatic amines is 1. The van der Waals surface area contributed by atoms with E-state index in [9.17, 15) is 4.79 Å². The molecule has 1 aliphatic rings. The second-order valence-electron chi connectivity index (χ2n) is 6.46. The van der Waals surface area contributed by atoms with E-state index in [0.29, 0.717) is 6.54 Å². The lowest BCUT2D eigenvalue weighted by atomic mass is 9.98. The lowest BCUT2D eigenvalue weighted by Gasteiger charge is -2.26. The first kappa shape index (κ1) is 16.0. The number of halogens is 1. The molecule has 1 aromatic heterocycles. The maximum absolute atomic E-state index is 12.7. The topological polar surface area (TPSA) is 36.1 Å². The molecule has 25 heavy (non-hydrogen) atoms. The number of aromatic nitrogens is 1. The van der Waals surface area contributed by atoms with Gasteiger partial charge in [-0.3, -0.25) is 4.79 Å². The van der Waals surface area contributed by atoms with E-state index in [-0.39, 0.29) is 5.91 Å². The molecule has 2 heterocycles. The predicted molar refractivity (Wildman–Crippen MR) is 103 cm³/mol. The molecule has 0 bridgehead atoms. The van der Waals surface area contributed by atoms with Crippen LogP contribution in [0.15, 0.2) is 54.7 Å². The first-order chi connectivity index (χ1) is 12.1. The second kappa shape index (κ2) is 6.41. The van der Waals surface area contributed by atoms with E-state index in [1.807, 2.05) is 54.4 Å². The highest BCUT2D eigenvalue weighted by Gasteiger charge is 2.20. The number of hydrogen-bond acceptors (Lipinski definition) is 1. The van der Waals surface area contributed by atoms with Crippen LogP contribution in [-0.4, -0.2) is 28.9 Å². The number of para-hydroxylation sites is 1. The summed E-state index contributed by atoms with van der Waals surface area (Å²) >= 11 is 6.25. The first-order valence-electron chi connectivity index (χ1n) is 8.44. The summed E-state index contributed by atoms with van der Waals surface area (Å²) in [6.45, 7) is 3.37. The minimum atomic E-state index is 0.0981. The number of rotatable bonds is 2. The molecule has 0 atom stereocenters. The summed E-state index contributed by atoms with van der Waals surface area (Å²) < 4.78 is 0. The van der Waals surface area contributed by atoms with Gasteiger partial charge in [0.05, 0.1) is 10.5 Å². The Kier molecular flexibility index (Phi) is 4.10. The number of H-pyrrole nitrogens is 1. The standard InChI is InChI=1S/C21H19ClN2O/c1-14-4-2-5-16(12-14)21(25)24-10-8-15(9-11-24)18-13-23-20-17(18)6-3-7-19(20)22/h2-8,12-13,23H,9-11H2,1H3. The van der Waals surface area contributed by atoms with E-state index in [2.05, 4.69) is 17.1 Å². The van der Waals surface area contributed by atoms with Crippen molar-refractivity contribution in [2.24, 2.45) is 0 Å². The van der Waals surface area contributed by atoms with E-state index in [1.165, 1.54) is 11.1 Å². The Labute approximate surface area is 151 Å². The second-order valence-corrected chi connectivity index (χ2v) is 6.87. The summed E-state index contributed by atoms with van der Waals surface area (Å²) in [6, 6.07) is 13.7. The fourth-order valence-electron chi connectivity index (χ4n) is 3.44. The van der Waals surface area contributed by atoms with Crippen LogP contribution in [0.25, 0.3) is 16.5 Å². The van der Waals surface area contributed by atoms with Crippen LogP contribution >= 0.6 is 11.6 Å². The molecule has 0 fully saturated rings. The van der Waals surface area contributed by atoms with Gasteiger partial charge in [-0.2, -0.15) is 0 Å². The maximum atomic E-state index is 12.7. The van der Waals surface area contributed by atoms with Gasteiger partial charge < -0.3 is 9.88 Å². The third-order valence-electron chi connectivity index (χ3n) is 4.77. The van der Waals surface area contributed by atoms with Crippen LogP contribution < -0.4 is 0 Å². The fourth-order valence-corrected chi connectivity index (χ4v) is 3.67. The van der Waals surface area contributed by atoms with Crippen molar-refractivity contribution < 1.29 is 4.79 Å². The van der Waals surface area contributed by atoms with Gasteiger partial charge in [-0.25, -0.2) is 0 Å². The Balaban J connectivity index is 1.58. The minimum absolute atomic E-state index is 0.0981. The van der Waals surface area contributed by atoms with Crippen molar-refractivity contribution >= 4 is 34.0 Å². The molecule has 126 valence electrons. The molecule has 3 nitrogen and oxygen atoms in total. The molecule has 1 amide bonds. The van der Waals surface area contributed by atoms with Gasteiger partial charge in [0, 0.05) is 35.8 Å². The number of hydrogen-bond donors (Lipinski definition) is 1. The molecule has 0 unspecified atom stereocenters. The molecule has 4 rings (SSSR count). The van der Waals surface area contributed by atoms with Crippen molar-refractivity contribution in [3.05, 3.63) is 76.5 Å². The lowest BCUT2D eigenvalue weighted by molar-refractivity contribution is 0.0773. The monoisotopic (exact) mass is 350 g/mol. The van der Waals surface area contributed by atoms with E-state index in [0.717, 1.165) is 40.0 Å². The number of nitrogens with zero attached hydrogens (tertiary/aromatic N) is 1. The highest BCUT2D eigenvalue weighted by atomic mass is 35.5. The van der Waals surface area contributed by atoms with Gasteiger partial charge in [-0.05, 0) is 37.1 Å².